The predicted molar refractivity (Wildman–Crippen MR) is 97.7 cm³/mol. The normalized spacial score (nSPS) is 26.0. The molecule has 1 saturated carbocycles. The van der Waals surface area contributed by atoms with Crippen LogP contribution in [-0.4, -0.2) is 44.0 Å². The Kier molecular flexibility index (Phi) is 5.34. The number of benzene rings is 2. The minimum atomic E-state index is -3.86. The molecule has 0 aliphatic heterocycles. The van der Waals surface area contributed by atoms with Crippen LogP contribution in [0.3, 0.4) is 0 Å². The second-order valence-corrected chi connectivity index (χ2v) is 8.29. The van der Waals surface area contributed by atoms with Crippen LogP contribution in [0.5, 0.6) is 5.75 Å². The summed E-state index contributed by atoms with van der Waals surface area (Å²) in [6.07, 6.45) is -1.86. The third-order valence-corrected chi connectivity index (χ3v) is 6.42. The van der Waals surface area contributed by atoms with Gasteiger partial charge >= 0.3 is 0 Å². The summed E-state index contributed by atoms with van der Waals surface area (Å²) in [6.45, 7) is 1.93. The minimum Gasteiger partial charge on any atom is -0.497 e. The van der Waals surface area contributed by atoms with E-state index in [4.69, 9.17) is 4.74 Å². The van der Waals surface area contributed by atoms with Gasteiger partial charge in [-0.1, -0.05) is 24.3 Å². The average Bonchev–Trinajstić information content (AvgIpc) is 2.90. The molecule has 2 aromatic carbocycles. The lowest BCUT2D eigenvalue weighted by Gasteiger charge is -2.24. The summed E-state index contributed by atoms with van der Waals surface area (Å²) in [4.78, 5) is 0.0791. The number of nitrogens with one attached hydrogen (secondary N) is 1. The first-order chi connectivity index (χ1) is 12.3. The molecule has 1 aliphatic rings. The molecule has 0 radical (unpaired) electrons. The minimum absolute atomic E-state index is 0.0791. The maximum absolute atomic E-state index is 12.8. The lowest BCUT2D eigenvalue weighted by Crippen LogP contribution is -2.45. The first-order valence-corrected chi connectivity index (χ1v) is 9.90. The summed E-state index contributed by atoms with van der Waals surface area (Å²) < 4.78 is 33.1. The van der Waals surface area contributed by atoms with Gasteiger partial charge in [-0.3, -0.25) is 0 Å². The van der Waals surface area contributed by atoms with E-state index in [1.807, 2.05) is 31.2 Å². The molecule has 0 unspecified atom stereocenters. The van der Waals surface area contributed by atoms with Gasteiger partial charge in [0.25, 0.3) is 0 Å². The Balaban J connectivity index is 1.90. The molecule has 26 heavy (non-hydrogen) atoms. The van der Waals surface area contributed by atoms with Crippen LogP contribution in [0.15, 0.2) is 53.4 Å². The van der Waals surface area contributed by atoms with Crippen molar-refractivity contribution in [2.24, 2.45) is 0 Å². The number of aryl methyl sites for hydroxylation is 1. The number of methoxy groups -OCH3 is 1. The number of hydrogen-bond donors (Lipinski definition) is 3. The van der Waals surface area contributed by atoms with E-state index in [9.17, 15) is 18.6 Å². The highest BCUT2D eigenvalue weighted by atomic mass is 32.2. The Morgan fingerprint density at radius 1 is 1.08 bits per heavy atom. The Labute approximate surface area is 153 Å². The molecule has 3 rings (SSSR count). The topological polar surface area (TPSA) is 95.9 Å². The van der Waals surface area contributed by atoms with Gasteiger partial charge in [-0.05, 0) is 48.7 Å². The van der Waals surface area contributed by atoms with Crippen molar-refractivity contribution in [3.63, 3.8) is 0 Å². The van der Waals surface area contributed by atoms with Gasteiger partial charge in [0.1, 0.15) is 5.75 Å². The van der Waals surface area contributed by atoms with Gasteiger partial charge in [0.2, 0.25) is 10.0 Å². The summed E-state index contributed by atoms with van der Waals surface area (Å²) >= 11 is 0. The number of sulfonamides is 1. The van der Waals surface area contributed by atoms with E-state index in [2.05, 4.69) is 4.72 Å². The lowest BCUT2D eigenvalue weighted by atomic mass is 9.91. The molecule has 0 amide bonds. The fourth-order valence-corrected chi connectivity index (χ4v) is 4.79. The van der Waals surface area contributed by atoms with E-state index >= 15 is 0 Å². The van der Waals surface area contributed by atoms with Gasteiger partial charge in [0, 0.05) is 5.92 Å². The quantitative estimate of drug-likeness (QED) is 0.735. The zero-order valence-electron chi connectivity index (χ0n) is 14.7. The van der Waals surface area contributed by atoms with Crippen molar-refractivity contribution < 1.29 is 23.4 Å². The van der Waals surface area contributed by atoms with Crippen molar-refractivity contribution >= 4 is 10.0 Å². The molecule has 0 aromatic heterocycles. The van der Waals surface area contributed by atoms with E-state index in [0.29, 0.717) is 12.2 Å². The molecule has 0 bridgehead atoms. The molecule has 1 fully saturated rings. The molecule has 4 atom stereocenters. The number of aliphatic hydroxyl groups is 2. The van der Waals surface area contributed by atoms with Crippen molar-refractivity contribution in [1.29, 1.82) is 0 Å². The third kappa shape index (κ3) is 3.61. The van der Waals surface area contributed by atoms with Crippen LogP contribution < -0.4 is 9.46 Å². The van der Waals surface area contributed by atoms with E-state index in [1.54, 1.807) is 12.1 Å². The molecule has 0 heterocycles. The van der Waals surface area contributed by atoms with Gasteiger partial charge in [0.15, 0.2) is 0 Å². The summed E-state index contributed by atoms with van der Waals surface area (Å²) in [5, 5.41) is 20.5. The molecule has 0 saturated heterocycles. The molecule has 6 nitrogen and oxygen atoms in total. The monoisotopic (exact) mass is 377 g/mol. The standard InChI is InChI=1S/C19H23NO5S/c1-12-5-3-4-6-15(12)16-11-17(21)19(22)18(16)20-26(23,24)14-9-7-13(25-2)8-10-14/h3-10,16-22H,11H2,1-2H3/t16-,17-,18-,19-/m1/s1. The van der Waals surface area contributed by atoms with Crippen molar-refractivity contribution in [3.8, 4) is 5.75 Å². The summed E-state index contributed by atoms with van der Waals surface area (Å²) in [5.74, 6) is 0.243. The van der Waals surface area contributed by atoms with Crippen LogP contribution >= 0.6 is 0 Å². The fourth-order valence-electron chi connectivity index (χ4n) is 3.50. The average molecular weight is 377 g/mol. The second kappa shape index (κ2) is 7.36. The van der Waals surface area contributed by atoms with Crippen molar-refractivity contribution in [2.45, 2.75) is 42.4 Å². The Hall–Kier alpha value is -1.93. The first kappa shape index (κ1) is 18.8. The largest absolute Gasteiger partial charge is 0.497 e. The number of aliphatic hydroxyl groups excluding tert-OH is 2. The Morgan fingerprint density at radius 2 is 1.73 bits per heavy atom. The Bertz CT molecular complexity index is 866. The zero-order chi connectivity index (χ0) is 18.9. The second-order valence-electron chi connectivity index (χ2n) is 6.58. The summed E-state index contributed by atoms with van der Waals surface area (Å²) in [6, 6.07) is 12.8. The van der Waals surface area contributed by atoms with E-state index in [1.165, 1.54) is 19.2 Å². The van der Waals surface area contributed by atoms with E-state index in [-0.39, 0.29) is 10.8 Å². The fraction of sp³-hybridized carbons (Fsp3) is 0.368. The molecule has 7 heteroatoms. The number of ether oxygens (including phenoxy) is 1. The van der Waals surface area contributed by atoms with Crippen LogP contribution in [-0.2, 0) is 10.0 Å². The number of hydrogen-bond acceptors (Lipinski definition) is 5. The zero-order valence-corrected chi connectivity index (χ0v) is 15.5. The Morgan fingerprint density at radius 3 is 2.35 bits per heavy atom. The predicted octanol–water partition coefficient (Wildman–Crippen LogP) is 1.56. The molecular weight excluding hydrogens is 354 g/mol. The lowest BCUT2D eigenvalue weighted by molar-refractivity contribution is 0.0338. The third-order valence-electron chi connectivity index (χ3n) is 4.94. The van der Waals surface area contributed by atoms with Gasteiger partial charge < -0.3 is 14.9 Å². The highest BCUT2D eigenvalue weighted by molar-refractivity contribution is 7.89. The molecule has 3 N–H and O–H groups in total. The molecule has 140 valence electrons. The summed E-state index contributed by atoms with van der Waals surface area (Å²) in [5.41, 5.74) is 1.91. The molecule has 0 spiro atoms. The number of rotatable bonds is 5. The van der Waals surface area contributed by atoms with Gasteiger partial charge in [0.05, 0.1) is 30.3 Å². The van der Waals surface area contributed by atoms with Crippen molar-refractivity contribution in [1.82, 2.24) is 4.72 Å². The van der Waals surface area contributed by atoms with Gasteiger partial charge in [-0.15, -0.1) is 0 Å². The van der Waals surface area contributed by atoms with Crippen LogP contribution in [0.25, 0.3) is 0 Å². The highest BCUT2D eigenvalue weighted by Gasteiger charge is 2.44. The highest BCUT2D eigenvalue weighted by Crippen LogP contribution is 2.37. The molecular formula is C19H23NO5S. The maximum Gasteiger partial charge on any atom is 0.240 e. The SMILES string of the molecule is COc1ccc(S(=O)(=O)N[C@H]2[C@H](O)[C@H](O)C[C@@H]2c2ccccc2C)cc1. The van der Waals surface area contributed by atoms with E-state index < -0.39 is 28.3 Å². The van der Waals surface area contributed by atoms with Crippen LogP contribution in [0.2, 0.25) is 0 Å². The smallest absolute Gasteiger partial charge is 0.240 e. The van der Waals surface area contributed by atoms with Crippen molar-refractivity contribution in [2.75, 3.05) is 7.11 Å². The molecule has 2 aromatic rings. The van der Waals surface area contributed by atoms with Gasteiger partial charge in [-0.25, -0.2) is 13.1 Å². The van der Waals surface area contributed by atoms with Crippen LogP contribution in [0.4, 0.5) is 0 Å². The maximum atomic E-state index is 12.8. The van der Waals surface area contributed by atoms with Gasteiger partial charge in [-0.2, -0.15) is 0 Å². The van der Waals surface area contributed by atoms with Crippen molar-refractivity contribution in [3.05, 3.63) is 59.7 Å². The van der Waals surface area contributed by atoms with Crippen LogP contribution in [0.1, 0.15) is 23.5 Å². The summed E-state index contributed by atoms with van der Waals surface area (Å²) in [7, 11) is -2.35. The molecule has 1 aliphatic carbocycles. The van der Waals surface area contributed by atoms with E-state index in [0.717, 1.165) is 11.1 Å². The first-order valence-electron chi connectivity index (χ1n) is 8.41. The van der Waals surface area contributed by atoms with Crippen LogP contribution in [0, 0.1) is 6.92 Å².